The van der Waals surface area contributed by atoms with Crippen LogP contribution in [0.3, 0.4) is 0 Å². The predicted molar refractivity (Wildman–Crippen MR) is 99.9 cm³/mol. The molecule has 1 unspecified atom stereocenters. The second-order valence-electron chi connectivity index (χ2n) is 6.54. The minimum Gasteiger partial charge on any atom is -0.321 e. The molecule has 2 amide bonds. The summed E-state index contributed by atoms with van der Waals surface area (Å²) < 4.78 is 1.77. The van der Waals surface area contributed by atoms with E-state index >= 15 is 0 Å². The molecular weight excluding hydrogens is 326 g/mol. The number of rotatable bonds is 4. The smallest absolute Gasteiger partial charge is 0.321 e. The van der Waals surface area contributed by atoms with Crippen molar-refractivity contribution in [1.82, 2.24) is 19.7 Å². The molecule has 132 valence electrons. The van der Waals surface area contributed by atoms with Crippen molar-refractivity contribution in [2.24, 2.45) is 0 Å². The maximum Gasteiger partial charge on any atom is 0.322 e. The van der Waals surface area contributed by atoms with Crippen LogP contribution in [-0.2, 0) is 13.0 Å². The number of anilines is 1. The van der Waals surface area contributed by atoms with Crippen LogP contribution in [-0.4, -0.2) is 32.7 Å². The molecule has 0 radical (unpaired) electrons. The van der Waals surface area contributed by atoms with Crippen LogP contribution in [0.1, 0.15) is 29.3 Å². The van der Waals surface area contributed by atoms with Crippen molar-refractivity contribution in [2.75, 3.05) is 12.4 Å². The van der Waals surface area contributed by atoms with Gasteiger partial charge in [0.1, 0.15) is 0 Å². The number of benzene rings is 1. The van der Waals surface area contributed by atoms with Crippen LogP contribution in [0.5, 0.6) is 0 Å². The maximum atomic E-state index is 12.6. The quantitative estimate of drug-likeness (QED) is 0.786. The number of pyridine rings is 1. The summed E-state index contributed by atoms with van der Waals surface area (Å²) >= 11 is 0. The van der Waals surface area contributed by atoms with Crippen LogP contribution < -0.4 is 5.32 Å². The molecule has 1 aromatic carbocycles. The second kappa shape index (κ2) is 7.00. The fourth-order valence-electron chi connectivity index (χ4n) is 3.46. The van der Waals surface area contributed by atoms with Crippen molar-refractivity contribution < 1.29 is 4.79 Å². The summed E-state index contributed by atoms with van der Waals surface area (Å²) in [5, 5.41) is 7.24. The van der Waals surface area contributed by atoms with Gasteiger partial charge in [0.25, 0.3) is 0 Å². The van der Waals surface area contributed by atoms with Gasteiger partial charge in [0.2, 0.25) is 0 Å². The SMILES string of the molecule is CN(C(=O)Nc1cnn(Cc2ccccn2)c1)C1CCc2ccccc21. The predicted octanol–water partition coefficient (Wildman–Crippen LogP) is 3.48. The third-order valence-corrected chi connectivity index (χ3v) is 4.82. The number of hydrogen-bond donors (Lipinski definition) is 1. The van der Waals surface area contributed by atoms with Gasteiger partial charge >= 0.3 is 6.03 Å². The van der Waals surface area contributed by atoms with Crippen LogP contribution in [0.15, 0.2) is 61.1 Å². The lowest BCUT2D eigenvalue weighted by Gasteiger charge is -2.25. The number of nitrogens with zero attached hydrogens (tertiary/aromatic N) is 4. The molecule has 0 bridgehead atoms. The summed E-state index contributed by atoms with van der Waals surface area (Å²) in [6.07, 6.45) is 7.22. The molecule has 6 heteroatoms. The van der Waals surface area contributed by atoms with E-state index in [0.717, 1.165) is 18.5 Å². The summed E-state index contributed by atoms with van der Waals surface area (Å²) in [5.74, 6) is 0. The van der Waals surface area contributed by atoms with Crippen molar-refractivity contribution in [3.63, 3.8) is 0 Å². The molecule has 0 saturated heterocycles. The Balaban J connectivity index is 1.41. The molecule has 1 N–H and O–H groups in total. The zero-order valence-corrected chi connectivity index (χ0v) is 14.7. The normalized spacial score (nSPS) is 15.5. The third kappa shape index (κ3) is 3.31. The molecule has 2 aromatic heterocycles. The molecular formula is C20H21N5O. The standard InChI is InChI=1S/C20H21N5O/c1-24(19-10-9-15-6-2-3-8-18(15)19)20(26)23-17-12-22-25(14-17)13-16-7-4-5-11-21-16/h2-8,11-12,14,19H,9-10,13H2,1H3,(H,23,26). The molecule has 0 saturated carbocycles. The molecule has 0 fully saturated rings. The van der Waals surface area contributed by atoms with Crippen LogP contribution in [0.2, 0.25) is 0 Å². The van der Waals surface area contributed by atoms with E-state index < -0.39 is 0 Å². The fraction of sp³-hybridized carbons (Fsp3) is 0.250. The number of carbonyl (C=O) groups excluding carboxylic acids is 1. The number of carbonyl (C=O) groups is 1. The van der Waals surface area contributed by atoms with Gasteiger partial charge in [-0.2, -0.15) is 5.10 Å². The van der Waals surface area contributed by atoms with E-state index in [4.69, 9.17) is 0 Å². The van der Waals surface area contributed by atoms with E-state index in [2.05, 4.69) is 33.6 Å². The largest absolute Gasteiger partial charge is 0.322 e. The van der Waals surface area contributed by atoms with Gasteiger partial charge in [-0.25, -0.2) is 4.79 Å². The van der Waals surface area contributed by atoms with E-state index in [1.165, 1.54) is 11.1 Å². The maximum absolute atomic E-state index is 12.6. The topological polar surface area (TPSA) is 63.1 Å². The van der Waals surface area contributed by atoms with Gasteiger partial charge in [-0.05, 0) is 36.1 Å². The van der Waals surface area contributed by atoms with Crippen LogP contribution in [0.25, 0.3) is 0 Å². The minimum absolute atomic E-state index is 0.120. The molecule has 2 heterocycles. The van der Waals surface area contributed by atoms with E-state index in [1.54, 1.807) is 22.0 Å². The molecule has 3 aromatic rings. The van der Waals surface area contributed by atoms with Gasteiger partial charge in [-0.15, -0.1) is 0 Å². The van der Waals surface area contributed by atoms with Gasteiger partial charge < -0.3 is 10.2 Å². The van der Waals surface area contributed by atoms with Gasteiger partial charge in [-0.3, -0.25) is 9.67 Å². The van der Waals surface area contributed by atoms with Gasteiger partial charge in [0.15, 0.2) is 0 Å². The molecule has 1 aliphatic carbocycles. The van der Waals surface area contributed by atoms with Crippen LogP contribution in [0, 0.1) is 0 Å². The number of hydrogen-bond acceptors (Lipinski definition) is 3. The Kier molecular flexibility index (Phi) is 4.39. The lowest BCUT2D eigenvalue weighted by Crippen LogP contribution is -2.33. The first-order valence-electron chi connectivity index (χ1n) is 8.74. The Morgan fingerprint density at radius 3 is 2.96 bits per heavy atom. The number of aryl methyl sites for hydroxylation is 1. The average Bonchev–Trinajstić information content (AvgIpc) is 3.29. The fourth-order valence-corrected chi connectivity index (χ4v) is 3.46. The van der Waals surface area contributed by atoms with Gasteiger partial charge in [0, 0.05) is 19.4 Å². The minimum atomic E-state index is -0.121. The summed E-state index contributed by atoms with van der Waals surface area (Å²) in [6.45, 7) is 0.572. The summed E-state index contributed by atoms with van der Waals surface area (Å²) in [7, 11) is 1.85. The highest BCUT2D eigenvalue weighted by atomic mass is 16.2. The Morgan fingerprint density at radius 1 is 1.27 bits per heavy atom. The summed E-state index contributed by atoms with van der Waals surface area (Å²) in [6, 6.07) is 14.1. The van der Waals surface area contributed by atoms with E-state index in [1.807, 2.05) is 37.5 Å². The van der Waals surface area contributed by atoms with Crippen molar-refractivity contribution in [1.29, 1.82) is 0 Å². The van der Waals surface area contributed by atoms with Crippen LogP contribution >= 0.6 is 0 Å². The molecule has 26 heavy (non-hydrogen) atoms. The van der Waals surface area contributed by atoms with Crippen molar-refractivity contribution in [3.05, 3.63) is 77.9 Å². The first-order valence-corrected chi connectivity index (χ1v) is 8.74. The second-order valence-corrected chi connectivity index (χ2v) is 6.54. The Labute approximate surface area is 152 Å². The van der Waals surface area contributed by atoms with Crippen molar-refractivity contribution >= 4 is 11.7 Å². The van der Waals surface area contributed by atoms with E-state index in [9.17, 15) is 4.79 Å². The number of fused-ring (bicyclic) bond motifs is 1. The number of aromatic nitrogens is 3. The molecule has 1 atom stereocenters. The number of nitrogens with one attached hydrogen (secondary N) is 1. The van der Waals surface area contributed by atoms with E-state index in [-0.39, 0.29) is 12.1 Å². The number of amides is 2. The van der Waals surface area contributed by atoms with Gasteiger partial charge in [-0.1, -0.05) is 30.3 Å². The zero-order chi connectivity index (χ0) is 17.9. The lowest BCUT2D eigenvalue weighted by molar-refractivity contribution is 0.204. The molecule has 0 aliphatic heterocycles. The highest BCUT2D eigenvalue weighted by Gasteiger charge is 2.28. The molecule has 1 aliphatic rings. The third-order valence-electron chi connectivity index (χ3n) is 4.82. The molecule has 6 nitrogen and oxygen atoms in total. The van der Waals surface area contributed by atoms with Crippen molar-refractivity contribution in [3.8, 4) is 0 Å². The monoisotopic (exact) mass is 347 g/mol. The highest BCUT2D eigenvalue weighted by Crippen LogP contribution is 2.34. The Bertz CT molecular complexity index is 905. The number of urea groups is 1. The molecule has 0 spiro atoms. The first kappa shape index (κ1) is 16.3. The average molecular weight is 347 g/mol. The zero-order valence-electron chi connectivity index (χ0n) is 14.7. The molecule has 4 rings (SSSR count). The van der Waals surface area contributed by atoms with Gasteiger partial charge in [0.05, 0.1) is 30.2 Å². The summed E-state index contributed by atoms with van der Waals surface area (Å²) in [5.41, 5.74) is 4.19. The summed E-state index contributed by atoms with van der Waals surface area (Å²) in [4.78, 5) is 18.7. The first-order chi connectivity index (χ1) is 12.7. The Morgan fingerprint density at radius 2 is 2.12 bits per heavy atom. The van der Waals surface area contributed by atoms with Crippen LogP contribution in [0.4, 0.5) is 10.5 Å². The Hall–Kier alpha value is -3.15. The van der Waals surface area contributed by atoms with Crippen molar-refractivity contribution in [2.45, 2.75) is 25.4 Å². The van der Waals surface area contributed by atoms with E-state index in [0.29, 0.717) is 12.2 Å². The lowest BCUT2D eigenvalue weighted by atomic mass is 10.1. The highest BCUT2D eigenvalue weighted by molar-refractivity contribution is 5.89.